The predicted molar refractivity (Wildman–Crippen MR) is 85.7 cm³/mol. The van der Waals surface area contributed by atoms with E-state index in [0.717, 1.165) is 12.0 Å². The minimum Gasteiger partial charge on any atom is -0.337 e. The minimum atomic E-state index is -0.190. The van der Waals surface area contributed by atoms with Gasteiger partial charge < -0.3 is 14.7 Å². The van der Waals surface area contributed by atoms with Gasteiger partial charge in [0.15, 0.2) is 5.82 Å². The topological polar surface area (TPSA) is 84.2 Å². The number of amides is 2. The number of hydrogen-bond acceptors (Lipinski definition) is 5. The predicted octanol–water partition coefficient (Wildman–Crippen LogP) is 2.88. The minimum absolute atomic E-state index is 0.0300. The summed E-state index contributed by atoms with van der Waals surface area (Å²) in [7, 11) is 1.77. The molecule has 0 fully saturated rings. The molecular formula is C16H23N5O2. The van der Waals surface area contributed by atoms with E-state index in [2.05, 4.69) is 20.4 Å². The van der Waals surface area contributed by atoms with Gasteiger partial charge >= 0.3 is 6.03 Å². The molecule has 1 N–H and O–H groups in total. The second-order valence-corrected chi connectivity index (χ2v) is 5.68. The van der Waals surface area contributed by atoms with Crippen LogP contribution in [0.2, 0.25) is 0 Å². The highest BCUT2D eigenvalue weighted by atomic mass is 16.5. The number of hydrogen-bond donors (Lipinski definition) is 1. The highest BCUT2D eigenvalue weighted by Crippen LogP contribution is 2.21. The van der Waals surface area contributed by atoms with Gasteiger partial charge in [-0.25, -0.2) is 4.79 Å². The van der Waals surface area contributed by atoms with Gasteiger partial charge in [0.2, 0.25) is 5.89 Å². The Morgan fingerprint density at radius 2 is 2.22 bits per heavy atom. The zero-order valence-electron chi connectivity index (χ0n) is 14.0. The smallest absolute Gasteiger partial charge is 0.318 e. The fourth-order valence-electron chi connectivity index (χ4n) is 2.30. The lowest BCUT2D eigenvalue weighted by Gasteiger charge is -2.27. The summed E-state index contributed by atoms with van der Waals surface area (Å²) in [5.41, 5.74) is 1.01. The van der Waals surface area contributed by atoms with Crippen LogP contribution in [0.4, 0.5) is 4.79 Å². The average Bonchev–Trinajstić information content (AvgIpc) is 3.03. The Morgan fingerprint density at radius 3 is 2.78 bits per heavy atom. The van der Waals surface area contributed by atoms with Crippen LogP contribution in [0.5, 0.6) is 0 Å². The first kappa shape index (κ1) is 16.9. The summed E-state index contributed by atoms with van der Waals surface area (Å²) in [4.78, 5) is 22.4. The largest absolute Gasteiger partial charge is 0.337 e. The molecule has 2 heterocycles. The van der Waals surface area contributed by atoms with Crippen LogP contribution in [0.3, 0.4) is 0 Å². The van der Waals surface area contributed by atoms with Crippen molar-refractivity contribution >= 4 is 6.03 Å². The van der Waals surface area contributed by atoms with Crippen molar-refractivity contribution in [1.82, 2.24) is 25.3 Å². The maximum atomic E-state index is 12.3. The Hall–Kier alpha value is -2.44. The Bertz CT molecular complexity index is 626. The van der Waals surface area contributed by atoms with Crippen molar-refractivity contribution in [2.75, 3.05) is 7.05 Å². The second-order valence-electron chi connectivity index (χ2n) is 5.68. The lowest BCUT2D eigenvalue weighted by atomic mass is 10.1. The maximum absolute atomic E-state index is 12.3. The van der Waals surface area contributed by atoms with E-state index < -0.39 is 0 Å². The van der Waals surface area contributed by atoms with Gasteiger partial charge in [0.25, 0.3) is 0 Å². The van der Waals surface area contributed by atoms with Gasteiger partial charge in [0.05, 0.1) is 12.6 Å². The van der Waals surface area contributed by atoms with Crippen LogP contribution in [-0.4, -0.2) is 33.1 Å². The number of carbonyl (C=O) groups is 1. The van der Waals surface area contributed by atoms with E-state index >= 15 is 0 Å². The summed E-state index contributed by atoms with van der Waals surface area (Å²) in [6.45, 7) is 6.22. The zero-order valence-corrected chi connectivity index (χ0v) is 14.0. The third-order valence-electron chi connectivity index (χ3n) is 3.63. The molecule has 0 radical (unpaired) electrons. The molecule has 1 atom stereocenters. The molecule has 0 bridgehead atoms. The van der Waals surface area contributed by atoms with Crippen molar-refractivity contribution in [1.29, 1.82) is 0 Å². The van der Waals surface area contributed by atoms with Crippen LogP contribution < -0.4 is 5.32 Å². The Labute approximate surface area is 136 Å². The van der Waals surface area contributed by atoms with E-state index in [0.29, 0.717) is 11.7 Å². The average molecular weight is 317 g/mol. The highest BCUT2D eigenvalue weighted by molar-refractivity contribution is 5.74. The molecule has 2 aromatic rings. The lowest BCUT2D eigenvalue weighted by Crippen LogP contribution is -2.39. The van der Waals surface area contributed by atoms with Gasteiger partial charge in [-0.15, -0.1) is 0 Å². The van der Waals surface area contributed by atoms with E-state index in [1.807, 2.05) is 32.9 Å². The lowest BCUT2D eigenvalue weighted by molar-refractivity contribution is 0.186. The van der Waals surface area contributed by atoms with Crippen molar-refractivity contribution in [2.45, 2.75) is 45.7 Å². The summed E-state index contributed by atoms with van der Waals surface area (Å²) in [5, 5.41) is 6.68. The molecule has 7 nitrogen and oxygen atoms in total. The number of aromatic nitrogens is 3. The first-order chi connectivity index (χ1) is 11.0. The van der Waals surface area contributed by atoms with E-state index in [1.165, 1.54) is 0 Å². The molecule has 124 valence electrons. The van der Waals surface area contributed by atoms with E-state index in [1.54, 1.807) is 24.3 Å². The van der Waals surface area contributed by atoms with Crippen LogP contribution in [-0.2, 0) is 6.54 Å². The molecule has 23 heavy (non-hydrogen) atoms. The monoisotopic (exact) mass is 317 g/mol. The SMILES string of the molecule is CC[C@H](c1cccnc1)N(C)C(=O)NCc1nc(C(C)C)no1. The van der Waals surface area contributed by atoms with Crippen LogP contribution in [0.15, 0.2) is 29.0 Å². The summed E-state index contributed by atoms with van der Waals surface area (Å²) >= 11 is 0. The number of urea groups is 1. The number of nitrogens with zero attached hydrogens (tertiary/aromatic N) is 4. The van der Waals surface area contributed by atoms with Gasteiger partial charge in [-0.3, -0.25) is 4.98 Å². The molecule has 0 aliphatic heterocycles. The summed E-state index contributed by atoms with van der Waals surface area (Å²) in [6, 6.07) is 3.62. The second kappa shape index (κ2) is 7.71. The van der Waals surface area contributed by atoms with E-state index in [9.17, 15) is 4.79 Å². The molecule has 2 rings (SSSR count). The fraction of sp³-hybridized carbons (Fsp3) is 0.500. The van der Waals surface area contributed by atoms with Gasteiger partial charge in [0, 0.05) is 25.4 Å². The molecular weight excluding hydrogens is 294 g/mol. The van der Waals surface area contributed by atoms with Crippen LogP contribution >= 0.6 is 0 Å². The molecule has 2 amide bonds. The number of pyridine rings is 1. The molecule has 0 aromatic carbocycles. The number of rotatable bonds is 6. The van der Waals surface area contributed by atoms with Crippen molar-refractivity contribution in [2.24, 2.45) is 0 Å². The third kappa shape index (κ3) is 4.28. The maximum Gasteiger partial charge on any atom is 0.318 e. The number of nitrogens with one attached hydrogen (secondary N) is 1. The third-order valence-corrected chi connectivity index (χ3v) is 3.63. The van der Waals surface area contributed by atoms with Crippen molar-refractivity contribution in [3.8, 4) is 0 Å². The van der Waals surface area contributed by atoms with Gasteiger partial charge in [-0.2, -0.15) is 4.98 Å². The van der Waals surface area contributed by atoms with Crippen molar-refractivity contribution in [3.63, 3.8) is 0 Å². The normalized spacial score (nSPS) is 12.2. The molecule has 0 spiro atoms. The molecule has 2 aromatic heterocycles. The van der Waals surface area contributed by atoms with Crippen molar-refractivity contribution in [3.05, 3.63) is 41.8 Å². The molecule has 0 aliphatic carbocycles. The van der Waals surface area contributed by atoms with E-state index in [4.69, 9.17) is 4.52 Å². The summed E-state index contributed by atoms with van der Waals surface area (Å²) < 4.78 is 5.12. The van der Waals surface area contributed by atoms with Crippen LogP contribution in [0, 0.1) is 0 Å². The fourth-order valence-corrected chi connectivity index (χ4v) is 2.30. The summed E-state index contributed by atoms with van der Waals surface area (Å²) in [5.74, 6) is 1.25. The molecule has 0 saturated carbocycles. The van der Waals surface area contributed by atoms with Crippen LogP contribution in [0.1, 0.15) is 56.4 Å². The van der Waals surface area contributed by atoms with Crippen LogP contribution in [0.25, 0.3) is 0 Å². The van der Waals surface area contributed by atoms with Gasteiger partial charge in [0.1, 0.15) is 0 Å². The summed E-state index contributed by atoms with van der Waals surface area (Å²) in [6.07, 6.45) is 4.30. The molecule has 0 aliphatic rings. The highest BCUT2D eigenvalue weighted by Gasteiger charge is 2.20. The Balaban J connectivity index is 1.95. The Kier molecular flexibility index (Phi) is 5.67. The standard InChI is InChI=1S/C16H23N5O2/c1-5-13(12-7-6-8-17-9-12)21(4)16(22)18-10-14-19-15(11(2)3)20-23-14/h6-9,11,13H,5,10H2,1-4H3,(H,18,22)/t13-/m1/s1. The molecule has 0 saturated heterocycles. The zero-order chi connectivity index (χ0) is 16.8. The first-order valence-electron chi connectivity index (χ1n) is 7.76. The molecule has 0 unspecified atom stereocenters. The van der Waals surface area contributed by atoms with Crippen molar-refractivity contribution < 1.29 is 9.32 Å². The van der Waals surface area contributed by atoms with Gasteiger partial charge in [-0.05, 0) is 18.1 Å². The Morgan fingerprint density at radius 1 is 1.43 bits per heavy atom. The van der Waals surface area contributed by atoms with E-state index in [-0.39, 0.29) is 24.5 Å². The molecule has 7 heteroatoms. The number of carbonyl (C=O) groups excluding carboxylic acids is 1. The van der Waals surface area contributed by atoms with Gasteiger partial charge in [-0.1, -0.05) is 32.0 Å². The quantitative estimate of drug-likeness (QED) is 0.885. The first-order valence-corrected chi connectivity index (χ1v) is 7.76.